The minimum absolute atomic E-state index is 0.101. The van der Waals surface area contributed by atoms with E-state index in [0.717, 1.165) is 33.5 Å². The van der Waals surface area contributed by atoms with Crippen LogP contribution in [0, 0.1) is 16.7 Å². The molecule has 0 bridgehead atoms. The van der Waals surface area contributed by atoms with Crippen LogP contribution < -0.4 is 0 Å². The lowest BCUT2D eigenvalue weighted by molar-refractivity contribution is -0.114. The number of thioether (sulfide) groups is 1. The second kappa shape index (κ2) is 8.77. The molecule has 1 N–H and O–H groups in total. The molecule has 6 nitrogen and oxygen atoms in total. The number of Topliss-reactive ketones (excluding diaryl/α,β-unsaturated/α-hetero) is 1. The van der Waals surface area contributed by atoms with Crippen molar-refractivity contribution in [2.45, 2.75) is 25.8 Å². The number of carbonyl (C=O) groups excluding carboxylic acids is 1. The first-order valence-electron chi connectivity index (χ1n) is 10.5. The van der Waals surface area contributed by atoms with Gasteiger partial charge in [-0.15, -0.1) is 21.5 Å². The Morgan fingerprint density at radius 2 is 1.97 bits per heavy atom. The van der Waals surface area contributed by atoms with Gasteiger partial charge in [-0.1, -0.05) is 55.1 Å². The minimum atomic E-state index is -0.657. The standard InChI is InChI=1S/C25H19N5OS2/c1-2-21-28-29-25(33-21)22-23(31)20(32-24(22)27)11-17-14-30(19-10-6-5-9-18(17)19)13-16-8-4-3-7-15(16)12-26/h3-11,14,22,27H,2,13H2,1H3/b20-11-,27-24?/t22-/m1/s1. The van der Waals surface area contributed by atoms with Crippen molar-refractivity contribution in [1.82, 2.24) is 14.8 Å². The third-order valence-corrected chi connectivity index (χ3v) is 7.73. The fourth-order valence-corrected chi connectivity index (χ4v) is 5.90. The summed E-state index contributed by atoms with van der Waals surface area (Å²) in [7, 11) is 0. The molecule has 1 atom stereocenters. The van der Waals surface area contributed by atoms with E-state index in [0.29, 0.717) is 22.0 Å². The zero-order chi connectivity index (χ0) is 22.9. The number of ketones is 1. The van der Waals surface area contributed by atoms with E-state index >= 15 is 0 Å². The van der Waals surface area contributed by atoms with Gasteiger partial charge in [-0.25, -0.2) is 0 Å². The van der Waals surface area contributed by atoms with Gasteiger partial charge in [0, 0.05) is 29.2 Å². The average molecular weight is 470 g/mol. The van der Waals surface area contributed by atoms with Gasteiger partial charge in [-0.05, 0) is 30.2 Å². The predicted octanol–water partition coefficient (Wildman–Crippen LogP) is 5.39. The Kier molecular flexibility index (Phi) is 5.67. The normalized spacial score (nSPS) is 17.2. The topological polar surface area (TPSA) is 95.4 Å². The SMILES string of the molecule is CCc1nnc([C@H]2C(=N)S/C(=C\c3cn(Cc4ccccc4C#N)c4ccccc34)C2=O)s1. The Morgan fingerprint density at radius 1 is 1.18 bits per heavy atom. The molecule has 3 heterocycles. The summed E-state index contributed by atoms with van der Waals surface area (Å²) in [5.74, 6) is -0.759. The number of carbonyl (C=O) groups is 1. The maximum atomic E-state index is 13.2. The van der Waals surface area contributed by atoms with Gasteiger partial charge in [0.2, 0.25) is 0 Å². The fraction of sp³-hybridized carbons (Fsp3) is 0.160. The number of nitrogens with one attached hydrogen (secondary N) is 1. The lowest BCUT2D eigenvalue weighted by atomic mass is 10.0. The van der Waals surface area contributed by atoms with Crippen molar-refractivity contribution in [3.05, 3.63) is 86.3 Å². The Morgan fingerprint density at radius 3 is 2.76 bits per heavy atom. The molecule has 1 aliphatic rings. The summed E-state index contributed by atoms with van der Waals surface area (Å²) in [6.45, 7) is 2.55. The summed E-state index contributed by atoms with van der Waals surface area (Å²) < 4.78 is 2.10. The van der Waals surface area contributed by atoms with Crippen LogP contribution in [0.25, 0.3) is 17.0 Å². The number of nitrogens with zero attached hydrogens (tertiary/aromatic N) is 4. The third-order valence-electron chi connectivity index (χ3n) is 5.60. The zero-order valence-electron chi connectivity index (χ0n) is 17.8. The maximum absolute atomic E-state index is 13.2. The number of para-hydroxylation sites is 1. The highest BCUT2D eigenvalue weighted by Gasteiger charge is 2.39. The molecule has 0 saturated carbocycles. The van der Waals surface area contributed by atoms with E-state index in [-0.39, 0.29) is 10.8 Å². The largest absolute Gasteiger partial charge is 0.342 e. The highest BCUT2D eigenvalue weighted by atomic mass is 32.2. The smallest absolute Gasteiger partial charge is 0.186 e. The van der Waals surface area contributed by atoms with E-state index in [2.05, 4.69) is 20.8 Å². The second-order valence-electron chi connectivity index (χ2n) is 7.66. The molecule has 0 radical (unpaired) electrons. The molecule has 0 aliphatic carbocycles. The molecule has 0 unspecified atom stereocenters. The van der Waals surface area contributed by atoms with Crippen LogP contribution in [0.4, 0.5) is 0 Å². The molecular weight excluding hydrogens is 450 g/mol. The highest BCUT2D eigenvalue weighted by molar-refractivity contribution is 8.19. The van der Waals surface area contributed by atoms with Gasteiger partial charge in [0.05, 0.1) is 21.6 Å². The summed E-state index contributed by atoms with van der Waals surface area (Å²) >= 11 is 2.60. The van der Waals surface area contributed by atoms with Gasteiger partial charge < -0.3 is 4.57 Å². The lowest BCUT2D eigenvalue weighted by Crippen LogP contribution is -2.11. The number of hydrogen-bond acceptors (Lipinski definition) is 7. The van der Waals surface area contributed by atoms with Crippen molar-refractivity contribution in [3.63, 3.8) is 0 Å². The Bertz CT molecular complexity index is 1470. The average Bonchev–Trinajstić information content (AvgIpc) is 3.51. The molecule has 2 aromatic carbocycles. The van der Waals surface area contributed by atoms with Crippen LogP contribution in [-0.4, -0.2) is 25.6 Å². The van der Waals surface area contributed by atoms with E-state index in [9.17, 15) is 10.1 Å². The molecule has 1 saturated heterocycles. The number of allylic oxidation sites excluding steroid dienone is 1. The number of hydrogen-bond donors (Lipinski definition) is 1. The van der Waals surface area contributed by atoms with E-state index in [1.54, 1.807) is 0 Å². The van der Waals surface area contributed by atoms with Gasteiger partial charge in [0.1, 0.15) is 15.9 Å². The number of benzene rings is 2. The Hall–Kier alpha value is -3.54. The molecule has 1 fully saturated rings. The summed E-state index contributed by atoms with van der Waals surface area (Å²) in [6.07, 6.45) is 4.64. The highest BCUT2D eigenvalue weighted by Crippen LogP contribution is 2.42. The van der Waals surface area contributed by atoms with Gasteiger partial charge in [-0.3, -0.25) is 10.2 Å². The van der Waals surface area contributed by atoms with Crippen molar-refractivity contribution < 1.29 is 4.79 Å². The van der Waals surface area contributed by atoms with E-state index in [1.165, 1.54) is 23.1 Å². The summed E-state index contributed by atoms with van der Waals surface area (Å²) in [6, 6.07) is 17.8. The number of aromatic nitrogens is 3. The summed E-state index contributed by atoms with van der Waals surface area (Å²) in [5, 5.41) is 28.9. The van der Waals surface area contributed by atoms with Crippen molar-refractivity contribution in [2.75, 3.05) is 0 Å². The monoisotopic (exact) mass is 469 g/mol. The van der Waals surface area contributed by atoms with Crippen molar-refractivity contribution in [2.24, 2.45) is 0 Å². The maximum Gasteiger partial charge on any atom is 0.186 e. The van der Waals surface area contributed by atoms with Gasteiger partial charge in [0.25, 0.3) is 0 Å². The van der Waals surface area contributed by atoms with Gasteiger partial charge in [-0.2, -0.15) is 5.26 Å². The lowest BCUT2D eigenvalue weighted by Gasteiger charge is -2.07. The first kappa shape index (κ1) is 21.3. The summed E-state index contributed by atoms with van der Waals surface area (Å²) in [5.41, 5.74) is 3.53. The molecule has 8 heteroatoms. The molecular formula is C25H19N5OS2. The molecule has 4 aromatic rings. The molecule has 0 spiro atoms. The minimum Gasteiger partial charge on any atom is -0.342 e. The molecule has 162 valence electrons. The van der Waals surface area contributed by atoms with Crippen LogP contribution in [-0.2, 0) is 17.8 Å². The van der Waals surface area contributed by atoms with Crippen molar-refractivity contribution in [3.8, 4) is 6.07 Å². The second-order valence-corrected chi connectivity index (χ2v) is 9.84. The Labute approximate surface area is 199 Å². The molecule has 33 heavy (non-hydrogen) atoms. The Balaban J connectivity index is 1.52. The van der Waals surface area contributed by atoms with E-state index in [1.807, 2.05) is 67.7 Å². The molecule has 2 aromatic heterocycles. The van der Waals surface area contributed by atoms with Gasteiger partial charge in [0.15, 0.2) is 5.78 Å². The summed E-state index contributed by atoms with van der Waals surface area (Å²) in [4.78, 5) is 13.7. The van der Waals surface area contributed by atoms with Crippen molar-refractivity contribution in [1.29, 1.82) is 10.7 Å². The number of fused-ring (bicyclic) bond motifs is 1. The van der Waals surface area contributed by atoms with Crippen LogP contribution in [0.3, 0.4) is 0 Å². The van der Waals surface area contributed by atoms with Gasteiger partial charge >= 0.3 is 0 Å². The quantitative estimate of drug-likeness (QED) is 0.395. The van der Waals surface area contributed by atoms with Crippen molar-refractivity contribution >= 4 is 50.9 Å². The zero-order valence-corrected chi connectivity index (χ0v) is 19.4. The molecule has 1 aliphatic heterocycles. The predicted molar refractivity (Wildman–Crippen MR) is 133 cm³/mol. The van der Waals surface area contributed by atoms with Crippen LogP contribution in [0.2, 0.25) is 0 Å². The first-order chi connectivity index (χ1) is 16.1. The first-order valence-corrected chi connectivity index (χ1v) is 12.1. The molecule has 0 amide bonds. The van der Waals surface area contributed by atoms with E-state index < -0.39 is 5.92 Å². The fourth-order valence-electron chi connectivity index (χ4n) is 3.95. The van der Waals surface area contributed by atoms with E-state index in [4.69, 9.17) is 5.41 Å². The molecule has 5 rings (SSSR count). The number of rotatable bonds is 5. The number of nitriles is 1. The van der Waals surface area contributed by atoms with Crippen LogP contribution >= 0.6 is 23.1 Å². The number of aryl methyl sites for hydroxylation is 1. The van der Waals surface area contributed by atoms with Crippen LogP contribution in [0.5, 0.6) is 0 Å². The van der Waals surface area contributed by atoms with Crippen LogP contribution in [0.1, 0.15) is 39.5 Å². The van der Waals surface area contributed by atoms with Crippen LogP contribution in [0.15, 0.2) is 59.6 Å². The third kappa shape index (κ3) is 3.90.